The van der Waals surface area contributed by atoms with E-state index in [1.54, 1.807) is 0 Å². The lowest BCUT2D eigenvalue weighted by Gasteiger charge is -2.36. The Balaban J connectivity index is 1.59. The van der Waals surface area contributed by atoms with E-state index in [0.29, 0.717) is 36.8 Å². The standard InChI is InChI=1S/C11H17NO2/c13-7-5-12(6-7)11(14)10-8-3-1-2-4-9(8)10/h7-10,13H,1-6H2. The number of amides is 1. The summed E-state index contributed by atoms with van der Waals surface area (Å²) in [6.45, 7) is 1.16. The van der Waals surface area contributed by atoms with Gasteiger partial charge in [-0.25, -0.2) is 0 Å². The van der Waals surface area contributed by atoms with Gasteiger partial charge in [-0.3, -0.25) is 4.79 Å². The molecule has 2 aliphatic carbocycles. The quantitative estimate of drug-likeness (QED) is 0.666. The zero-order valence-electron chi connectivity index (χ0n) is 8.35. The van der Waals surface area contributed by atoms with E-state index in [0.717, 1.165) is 0 Å². The van der Waals surface area contributed by atoms with Crippen LogP contribution in [-0.4, -0.2) is 35.1 Å². The fraction of sp³-hybridized carbons (Fsp3) is 0.909. The SMILES string of the molecule is O=C(C1C2CCCCC21)N1CC(O)C1. The van der Waals surface area contributed by atoms with Crippen LogP contribution in [0.1, 0.15) is 25.7 Å². The number of β-amino-alcohol motifs (C(OH)–C–C–N with tert-alkyl or cyclic N) is 1. The summed E-state index contributed by atoms with van der Waals surface area (Å²) in [5.41, 5.74) is 0. The smallest absolute Gasteiger partial charge is 0.226 e. The Morgan fingerprint density at radius 1 is 1.14 bits per heavy atom. The van der Waals surface area contributed by atoms with E-state index in [1.807, 2.05) is 4.90 Å². The topological polar surface area (TPSA) is 40.5 Å². The Bertz CT molecular complexity index is 248. The number of carbonyl (C=O) groups is 1. The fourth-order valence-electron chi connectivity index (χ4n) is 3.20. The van der Waals surface area contributed by atoms with Crippen LogP contribution < -0.4 is 0 Å². The molecule has 0 spiro atoms. The molecule has 0 radical (unpaired) electrons. The Morgan fingerprint density at radius 2 is 1.71 bits per heavy atom. The molecule has 2 atom stereocenters. The minimum atomic E-state index is -0.250. The maximum Gasteiger partial charge on any atom is 0.226 e. The predicted molar refractivity (Wildman–Crippen MR) is 51.5 cm³/mol. The van der Waals surface area contributed by atoms with Gasteiger partial charge in [0.25, 0.3) is 0 Å². The van der Waals surface area contributed by atoms with Gasteiger partial charge in [-0.2, -0.15) is 0 Å². The predicted octanol–water partition coefficient (Wildman–Crippen LogP) is 0.626. The van der Waals surface area contributed by atoms with Crippen LogP contribution in [0.15, 0.2) is 0 Å². The van der Waals surface area contributed by atoms with Crippen LogP contribution in [0.4, 0.5) is 0 Å². The van der Waals surface area contributed by atoms with E-state index < -0.39 is 0 Å². The van der Waals surface area contributed by atoms with Crippen molar-refractivity contribution >= 4 is 5.91 Å². The van der Waals surface area contributed by atoms with Gasteiger partial charge in [0.1, 0.15) is 0 Å². The fourth-order valence-corrected chi connectivity index (χ4v) is 3.20. The molecule has 3 aliphatic rings. The molecule has 1 N–H and O–H groups in total. The normalized spacial score (nSPS) is 41.5. The first-order valence-corrected chi connectivity index (χ1v) is 5.74. The summed E-state index contributed by atoms with van der Waals surface area (Å²) < 4.78 is 0. The summed E-state index contributed by atoms with van der Waals surface area (Å²) in [6, 6.07) is 0. The van der Waals surface area contributed by atoms with Crippen LogP contribution in [0.25, 0.3) is 0 Å². The Labute approximate surface area is 84.1 Å². The van der Waals surface area contributed by atoms with Crippen LogP contribution in [0.2, 0.25) is 0 Å². The maximum atomic E-state index is 11.9. The molecule has 0 bridgehead atoms. The number of aliphatic hydroxyl groups excluding tert-OH is 1. The number of rotatable bonds is 1. The molecule has 0 aromatic heterocycles. The van der Waals surface area contributed by atoms with Crippen molar-refractivity contribution < 1.29 is 9.90 Å². The summed E-state index contributed by atoms with van der Waals surface area (Å²) in [5.74, 6) is 2.07. The number of carbonyl (C=O) groups excluding carboxylic acids is 1. The van der Waals surface area contributed by atoms with Gasteiger partial charge in [-0.15, -0.1) is 0 Å². The summed E-state index contributed by atoms with van der Waals surface area (Å²) in [7, 11) is 0. The second-order valence-corrected chi connectivity index (χ2v) is 5.03. The summed E-state index contributed by atoms with van der Waals surface area (Å²) >= 11 is 0. The Morgan fingerprint density at radius 3 is 2.21 bits per heavy atom. The minimum Gasteiger partial charge on any atom is -0.389 e. The molecule has 0 aromatic rings. The second-order valence-electron chi connectivity index (χ2n) is 5.03. The lowest BCUT2D eigenvalue weighted by molar-refractivity contribution is -0.143. The molecule has 14 heavy (non-hydrogen) atoms. The molecule has 0 aromatic carbocycles. The van der Waals surface area contributed by atoms with Crippen molar-refractivity contribution in [1.29, 1.82) is 0 Å². The maximum absolute atomic E-state index is 11.9. The third kappa shape index (κ3) is 1.18. The average molecular weight is 195 g/mol. The molecule has 1 heterocycles. The van der Waals surface area contributed by atoms with Crippen LogP contribution >= 0.6 is 0 Å². The molecule has 3 heteroatoms. The first kappa shape index (κ1) is 8.72. The molecule has 3 fully saturated rings. The van der Waals surface area contributed by atoms with E-state index in [-0.39, 0.29) is 6.10 Å². The second kappa shape index (κ2) is 2.96. The van der Waals surface area contributed by atoms with Crippen molar-refractivity contribution in [1.82, 2.24) is 4.90 Å². The lowest BCUT2D eigenvalue weighted by Crippen LogP contribution is -2.54. The molecule has 2 saturated carbocycles. The van der Waals surface area contributed by atoms with Crippen LogP contribution in [0, 0.1) is 17.8 Å². The van der Waals surface area contributed by atoms with Gasteiger partial charge in [0, 0.05) is 19.0 Å². The first-order chi connectivity index (χ1) is 6.77. The van der Waals surface area contributed by atoms with Crippen molar-refractivity contribution in [2.24, 2.45) is 17.8 Å². The van der Waals surface area contributed by atoms with Gasteiger partial charge in [0.15, 0.2) is 0 Å². The van der Waals surface area contributed by atoms with Gasteiger partial charge in [-0.05, 0) is 24.7 Å². The third-order valence-electron chi connectivity index (χ3n) is 4.12. The van der Waals surface area contributed by atoms with Gasteiger partial charge < -0.3 is 10.0 Å². The molecule has 2 unspecified atom stereocenters. The number of nitrogens with zero attached hydrogens (tertiary/aromatic N) is 1. The highest BCUT2D eigenvalue weighted by Crippen LogP contribution is 2.56. The van der Waals surface area contributed by atoms with E-state index in [4.69, 9.17) is 5.11 Å². The van der Waals surface area contributed by atoms with E-state index in [9.17, 15) is 4.79 Å². The third-order valence-corrected chi connectivity index (χ3v) is 4.12. The lowest BCUT2D eigenvalue weighted by atomic mass is 10.0. The average Bonchev–Trinajstić information content (AvgIpc) is 2.86. The highest BCUT2D eigenvalue weighted by Gasteiger charge is 2.56. The van der Waals surface area contributed by atoms with Gasteiger partial charge in [-0.1, -0.05) is 12.8 Å². The number of aliphatic hydroxyl groups is 1. The van der Waals surface area contributed by atoms with E-state index >= 15 is 0 Å². The van der Waals surface area contributed by atoms with Gasteiger partial charge in [0.05, 0.1) is 6.10 Å². The molecule has 1 aliphatic heterocycles. The molecule has 3 nitrogen and oxygen atoms in total. The summed E-state index contributed by atoms with van der Waals surface area (Å²) in [6.07, 6.45) is 4.90. The van der Waals surface area contributed by atoms with E-state index in [2.05, 4.69) is 0 Å². The Kier molecular flexibility index (Phi) is 1.84. The van der Waals surface area contributed by atoms with Crippen LogP contribution in [0.3, 0.4) is 0 Å². The number of hydrogen-bond acceptors (Lipinski definition) is 2. The summed E-state index contributed by atoms with van der Waals surface area (Å²) in [5, 5.41) is 9.13. The molecular weight excluding hydrogens is 178 g/mol. The number of hydrogen-bond donors (Lipinski definition) is 1. The molecule has 3 rings (SSSR count). The van der Waals surface area contributed by atoms with Crippen molar-refractivity contribution in [2.75, 3.05) is 13.1 Å². The Hall–Kier alpha value is -0.570. The van der Waals surface area contributed by atoms with Gasteiger partial charge >= 0.3 is 0 Å². The van der Waals surface area contributed by atoms with E-state index in [1.165, 1.54) is 25.7 Å². The van der Waals surface area contributed by atoms with Crippen LogP contribution in [-0.2, 0) is 4.79 Å². The molecule has 1 amide bonds. The zero-order valence-corrected chi connectivity index (χ0v) is 8.35. The van der Waals surface area contributed by atoms with Crippen LogP contribution in [0.5, 0.6) is 0 Å². The highest BCUT2D eigenvalue weighted by molar-refractivity contribution is 5.83. The van der Waals surface area contributed by atoms with Crippen molar-refractivity contribution in [3.05, 3.63) is 0 Å². The molecular formula is C11H17NO2. The zero-order chi connectivity index (χ0) is 9.71. The molecule has 1 saturated heterocycles. The van der Waals surface area contributed by atoms with Crippen molar-refractivity contribution in [2.45, 2.75) is 31.8 Å². The first-order valence-electron chi connectivity index (χ1n) is 5.74. The summed E-state index contributed by atoms with van der Waals surface area (Å²) in [4.78, 5) is 13.7. The number of likely N-dealkylation sites (tertiary alicyclic amines) is 1. The van der Waals surface area contributed by atoms with Crippen molar-refractivity contribution in [3.8, 4) is 0 Å². The molecule has 78 valence electrons. The largest absolute Gasteiger partial charge is 0.389 e. The van der Waals surface area contributed by atoms with Crippen molar-refractivity contribution in [3.63, 3.8) is 0 Å². The monoisotopic (exact) mass is 195 g/mol. The van der Waals surface area contributed by atoms with Gasteiger partial charge in [0.2, 0.25) is 5.91 Å². The highest BCUT2D eigenvalue weighted by atomic mass is 16.3. The minimum absolute atomic E-state index is 0.250. The number of fused-ring (bicyclic) bond motifs is 1.